The minimum Gasteiger partial charge on any atom is -0.378 e. The largest absolute Gasteiger partial charge is 0.378 e. The molecule has 166 valence electrons. The molecule has 30 heavy (non-hydrogen) atoms. The van der Waals surface area contributed by atoms with E-state index < -0.39 is 0 Å². The molecule has 3 fully saturated rings. The van der Waals surface area contributed by atoms with Crippen LogP contribution < -0.4 is 10.6 Å². The summed E-state index contributed by atoms with van der Waals surface area (Å²) in [6, 6.07) is 1.82. The Kier molecular flexibility index (Phi) is 5.45. The van der Waals surface area contributed by atoms with Gasteiger partial charge in [-0.1, -0.05) is 32.9 Å². The summed E-state index contributed by atoms with van der Waals surface area (Å²) in [6.07, 6.45) is 4.19. The molecular weight excluding hydrogens is 382 g/mol. The molecule has 0 aromatic carbocycles. The van der Waals surface area contributed by atoms with Crippen LogP contribution >= 0.6 is 0 Å². The first-order valence-electron chi connectivity index (χ1n) is 11.3. The van der Waals surface area contributed by atoms with Gasteiger partial charge in [0.2, 0.25) is 5.91 Å². The third-order valence-corrected chi connectivity index (χ3v) is 8.01. The second-order valence-corrected chi connectivity index (χ2v) is 10.4. The maximum atomic E-state index is 12.6. The number of nitrogens with one attached hydrogen (secondary N) is 2. The molecule has 1 aromatic rings. The predicted octanol–water partition coefficient (Wildman–Crippen LogP) is 3.09. The molecule has 4 rings (SSSR count). The molecule has 5 atom stereocenters. The van der Waals surface area contributed by atoms with Crippen molar-refractivity contribution in [3.05, 3.63) is 17.5 Å². The maximum absolute atomic E-state index is 12.6. The average Bonchev–Trinajstić information content (AvgIpc) is 3.34. The number of carbonyl (C=O) groups excluding carboxylic acids is 2. The molecule has 2 amide bonds. The SMILES string of the molecule is Cc1cc(C(=O)NCC[C@H]2OCCC34C[C@@H](C[C@H]23)C(C)(C)[C@@H]4NC(=O)C(C)C)no1. The molecule has 1 spiro atoms. The van der Waals surface area contributed by atoms with Crippen LogP contribution in [0.4, 0.5) is 0 Å². The van der Waals surface area contributed by atoms with Crippen LogP contribution in [0.1, 0.15) is 69.6 Å². The Hall–Kier alpha value is -1.89. The molecule has 1 saturated heterocycles. The third-order valence-electron chi connectivity index (χ3n) is 8.01. The molecule has 2 N–H and O–H groups in total. The van der Waals surface area contributed by atoms with Crippen LogP contribution in [-0.2, 0) is 9.53 Å². The van der Waals surface area contributed by atoms with Gasteiger partial charge in [-0.3, -0.25) is 9.59 Å². The van der Waals surface area contributed by atoms with E-state index in [4.69, 9.17) is 9.26 Å². The molecule has 7 heteroatoms. The molecule has 1 unspecified atom stereocenters. The first-order valence-corrected chi connectivity index (χ1v) is 11.3. The Morgan fingerprint density at radius 1 is 1.33 bits per heavy atom. The maximum Gasteiger partial charge on any atom is 0.273 e. The number of carbonyl (C=O) groups is 2. The summed E-state index contributed by atoms with van der Waals surface area (Å²) in [5.74, 6) is 1.56. The van der Waals surface area contributed by atoms with E-state index in [1.807, 2.05) is 13.8 Å². The van der Waals surface area contributed by atoms with Crippen LogP contribution in [-0.4, -0.2) is 42.3 Å². The summed E-state index contributed by atoms with van der Waals surface area (Å²) < 4.78 is 11.2. The van der Waals surface area contributed by atoms with Crippen LogP contribution in [0.5, 0.6) is 0 Å². The number of rotatable bonds is 6. The number of aromatic nitrogens is 1. The minimum atomic E-state index is -0.214. The van der Waals surface area contributed by atoms with Gasteiger partial charge in [0, 0.05) is 31.2 Å². The van der Waals surface area contributed by atoms with Crippen LogP contribution in [0.2, 0.25) is 0 Å². The lowest BCUT2D eigenvalue weighted by Crippen LogP contribution is -2.60. The minimum absolute atomic E-state index is 0.0132. The molecule has 1 aromatic heterocycles. The first-order chi connectivity index (χ1) is 14.1. The van der Waals surface area contributed by atoms with Gasteiger partial charge < -0.3 is 19.9 Å². The van der Waals surface area contributed by atoms with Crippen molar-refractivity contribution in [1.29, 1.82) is 0 Å². The van der Waals surface area contributed by atoms with Gasteiger partial charge in [0.1, 0.15) is 5.76 Å². The van der Waals surface area contributed by atoms with Crippen molar-refractivity contribution in [2.24, 2.45) is 28.6 Å². The monoisotopic (exact) mass is 417 g/mol. The lowest BCUT2D eigenvalue weighted by molar-refractivity contribution is -0.138. The van der Waals surface area contributed by atoms with E-state index >= 15 is 0 Å². The van der Waals surface area contributed by atoms with Gasteiger partial charge in [-0.05, 0) is 55.3 Å². The van der Waals surface area contributed by atoms with E-state index in [1.165, 1.54) is 0 Å². The van der Waals surface area contributed by atoms with Gasteiger partial charge in [-0.15, -0.1) is 0 Å². The van der Waals surface area contributed by atoms with Crippen molar-refractivity contribution in [1.82, 2.24) is 15.8 Å². The van der Waals surface area contributed by atoms with E-state index in [1.54, 1.807) is 13.0 Å². The van der Waals surface area contributed by atoms with E-state index in [2.05, 4.69) is 29.6 Å². The number of aryl methyl sites for hydroxylation is 1. The van der Waals surface area contributed by atoms with E-state index in [0.29, 0.717) is 36.4 Å². The summed E-state index contributed by atoms with van der Waals surface area (Å²) in [5.41, 5.74) is 0.517. The van der Waals surface area contributed by atoms with Crippen LogP contribution in [0.25, 0.3) is 0 Å². The van der Waals surface area contributed by atoms with Gasteiger partial charge >= 0.3 is 0 Å². The standard InChI is InChI=1S/C23H35N3O4/c1-13(2)19(27)25-21-22(4,5)15-11-16-18(29-9-7-23(16,21)12-15)6-8-24-20(28)17-10-14(3)30-26-17/h10,13,15-16,18,21H,6-9,11-12H2,1-5H3,(H,24,28)(H,25,27)/t15-,16-,18-,21+,23?/m1/s1. The Balaban J connectivity index is 1.43. The lowest BCUT2D eigenvalue weighted by Gasteiger charge is -2.53. The summed E-state index contributed by atoms with van der Waals surface area (Å²) >= 11 is 0. The number of nitrogens with zero attached hydrogens (tertiary/aromatic N) is 1. The first kappa shape index (κ1) is 21.3. The number of hydrogen-bond donors (Lipinski definition) is 2. The van der Waals surface area contributed by atoms with E-state index in [9.17, 15) is 9.59 Å². The fourth-order valence-corrected chi connectivity index (χ4v) is 6.40. The van der Waals surface area contributed by atoms with Crippen LogP contribution in [0, 0.1) is 35.5 Å². The van der Waals surface area contributed by atoms with Gasteiger partial charge in [0.05, 0.1) is 6.10 Å². The zero-order valence-corrected chi connectivity index (χ0v) is 18.8. The van der Waals surface area contributed by atoms with Crippen molar-refractivity contribution < 1.29 is 18.8 Å². The molecule has 2 bridgehead atoms. The van der Waals surface area contributed by atoms with Gasteiger partial charge in [-0.25, -0.2) is 0 Å². The van der Waals surface area contributed by atoms with Crippen LogP contribution in [0.3, 0.4) is 0 Å². The molecular formula is C23H35N3O4. The second-order valence-electron chi connectivity index (χ2n) is 10.4. The van der Waals surface area contributed by atoms with Crippen molar-refractivity contribution in [3.8, 4) is 0 Å². The number of hydrogen-bond acceptors (Lipinski definition) is 5. The van der Waals surface area contributed by atoms with Crippen molar-refractivity contribution >= 4 is 11.8 Å². The lowest BCUT2D eigenvalue weighted by atomic mass is 9.59. The van der Waals surface area contributed by atoms with Crippen molar-refractivity contribution in [2.45, 2.75) is 72.4 Å². The number of ether oxygens (including phenoxy) is 1. The van der Waals surface area contributed by atoms with Gasteiger partial charge in [-0.2, -0.15) is 0 Å². The summed E-state index contributed by atoms with van der Waals surface area (Å²) in [6.45, 7) is 11.6. The molecule has 7 nitrogen and oxygen atoms in total. The molecule has 3 aliphatic rings. The topological polar surface area (TPSA) is 93.5 Å². The van der Waals surface area contributed by atoms with Gasteiger partial charge in [0.15, 0.2) is 5.69 Å². The van der Waals surface area contributed by atoms with E-state index in [-0.39, 0.29) is 40.7 Å². The Labute approximate surface area is 178 Å². The Morgan fingerprint density at radius 2 is 2.10 bits per heavy atom. The summed E-state index contributed by atoms with van der Waals surface area (Å²) in [5, 5.41) is 10.1. The normalized spacial score (nSPS) is 34.1. The average molecular weight is 418 g/mol. The van der Waals surface area contributed by atoms with E-state index in [0.717, 1.165) is 25.7 Å². The summed E-state index contributed by atoms with van der Waals surface area (Å²) in [7, 11) is 0. The quantitative estimate of drug-likeness (QED) is 0.742. The molecule has 2 aliphatic carbocycles. The zero-order valence-electron chi connectivity index (χ0n) is 18.8. The second kappa shape index (κ2) is 7.66. The van der Waals surface area contributed by atoms with Crippen LogP contribution in [0.15, 0.2) is 10.6 Å². The Bertz CT molecular complexity index is 817. The third kappa shape index (κ3) is 3.45. The fourth-order valence-electron chi connectivity index (χ4n) is 6.40. The highest BCUT2D eigenvalue weighted by molar-refractivity contribution is 5.92. The van der Waals surface area contributed by atoms with Gasteiger partial charge in [0.25, 0.3) is 5.91 Å². The fraction of sp³-hybridized carbons (Fsp3) is 0.783. The Morgan fingerprint density at radius 3 is 2.77 bits per heavy atom. The molecule has 2 heterocycles. The molecule has 2 saturated carbocycles. The van der Waals surface area contributed by atoms with Crippen molar-refractivity contribution in [2.75, 3.05) is 13.2 Å². The highest BCUT2D eigenvalue weighted by atomic mass is 16.5. The number of amides is 2. The van der Waals surface area contributed by atoms with Crippen molar-refractivity contribution in [3.63, 3.8) is 0 Å². The number of fused-ring (bicyclic) bond motifs is 1. The predicted molar refractivity (Wildman–Crippen MR) is 112 cm³/mol. The summed E-state index contributed by atoms with van der Waals surface area (Å²) in [4.78, 5) is 24.8. The molecule has 1 aliphatic heterocycles. The smallest absolute Gasteiger partial charge is 0.273 e. The highest BCUT2D eigenvalue weighted by Gasteiger charge is 2.68. The highest BCUT2D eigenvalue weighted by Crippen LogP contribution is 2.68. The zero-order chi connectivity index (χ0) is 21.7. The molecule has 0 radical (unpaired) electrons.